The van der Waals surface area contributed by atoms with Gasteiger partial charge in [-0.1, -0.05) is 24.3 Å². The van der Waals surface area contributed by atoms with Gasteiger partial charge in [-0.2, -0.15) is 0 Å². The quantitative estimate of drug-likeness (QED) is 0.529. The lowest BCUT2D eigenvalue weighted by atomic mass is 10.1. The highest BCUT2D eigenvalue weighted by molar-refractivity contribution is 5.60. The zero-order valence-electron chi connectivity index (χ0n) is 15.2. The second-order valence-corrected chi connectivity index (χ2v) is 5.99. The Balaban J connectivity index is 2.19. The van der Waals surface area contributed by atoms with Gasteiger partial charge in [0.05, 0.1) is 17.6 Å². The smallest absolute Gasteiger partial charge is 0.276 e. The number of methoxy groups -OCH3 is 1. The van der Waals surface area contributed by atoms with E-state index in [-0.39, 0.29) is 21.9 Å². The number of H-pyrrole nitrogens is 1. The maximum absolute atomic E-state index is 12.7. The van der Waals surface area contributed by atoms with Gasteiger partial charge in [-0.05, 0) is 35.9 Å². The number of nitro benzene ring substituents is 1. The second kappa shape index (κ2) is 7.75. The van der Waals surface area contributed by atoms with Gasteiger partial charge >= 0.3 is 0 Å². The highest BCUT2D eigenvalue weighted by Crippen LogP contribution is 2.17. The summed E-state index contributed by atoms with van der Waals surface area (Å²) in [6.45, 7) is 0. The molecule has 0 unspecified atom stereocenters. The Morgan fingerprint density at radius 1 is 1.07 bits per heavy atom. The van der Waals surface area contributed by atoms with Crippen LogP contribution in [0, 0.1) is 10.1 Å². The zero-order chi connectivity index (χ0) is 20.3. The molecule has 1 N–H and O–H groups in total. The third-order valence-electron chi connectivity index (χ3n) is 4.23. The maximum Gasteiger partial charge on any atom is 0.276 e. The average Bonchev–Trinajstić information content (AvgIpc) is 2.70. The van der Waals surface area contributed by atoms with E-state index in [4.69, 9.17) is 4.74 Å². The van der Waals surface area contributed by atoms with Gasteiger partial charge in [-0.25, -0.2) is 0 Å². The summed E-state index contributed by atoms with van der Waals surface area (Å²) in [5, 5.41) is 11.3. The molecule has 2 aromatic carbocycles. The molecule has 0 fully saturated rings. The first-order valence-electron chi connectivity index (χ1n) is 8.31. The Morgan fingerprint density at radius 3 is 2.39 bits per heavy atom. The standard InChI is InChI=1S/C20H17N3O5/c1-22-18(12-14-5-3-4-6-17(14)23(26)27)19(24)21-16(20(22)25)11-13-7-9-15(28-2)10-8-13/h3-12H,1-2H3,(H,21,24). The van der Waals surface area contributed by atoms with Crippen LogP contribution in [0.1, 0.15) is 11.1 Å². The lowest BCUT2D eigenvalue weighted by Gasteiger charge is -2.02. The van der Waals surface area contributed by atoms with Crippen LogP contribution in [0.15, 0.2) is 58.1 Å². The summed E-state index contributed by atoms with van der Waals surface area (Å²) in [6.07, 6.45) is 2.88. The van der Waals surface area contributed by atoms with Crippen molar-refractivity contribution in [2.24, 2.45) is 7.05 Å². The predicted octanol–water partition coefficient (Wildman–Crippen LogP) is 0.648. The number of ether oxygens (including phenoxy) is 1. The fourth-order valence-electron chi connectivity index (χ4n) is 2.73. The van der Waals surface area contributed by atoms with Crippen molar-refractivity contribution < 1.29 is 9.66 Å². The number of benzene rings is 2. The van der Waals surface area contributed by atoms with Crippen LogP contribution in [0.2, 0.25) is 0 Å². The Hall–Kier alpha value is -3.94. The molecule has 3 aromatic rings. The Bertz CT molecular complexity index is 1270. The van der Waals surface area contributed by atoms with Crippen LogP contribution >= 0.6 is 0 Å². The van der Waals surface area contributed by atoms with Crippen LogP contribution in [-0.2, 0) is 7.05 Å². The Kier molecular flexibility index (Phi) is 5.21. The number of nitrogens with one attached hydrogen (secondary N) is 1. The van der Waals surface area contributed by atoms with E-state index in [1.807, 2.05) is 0 Å². The Labute approximate surface area is 158 Å². The fourth-order valence-corrected chi connectivity index (χ4v) is 2.73. The van der Waals surface area contributed by atoms with E-state index in [9.17, 15) is 19.7 Å². The molecule has 0 aliphatic carbocycles. The predicted molar refractivity (Wildman–Crippen MR) is 105 cm³/mol. The van der Waals surface area contributed by atoms with E-state index >= 15 is 0 Å². The van der Waals surface area contributed by atoms with Crippen LogP contribution in [0.5, 0.6) is 5.75 Å². The van der Waals surface area contributed by atoms with E-state index in [2.05, 4.69) is 4.98 Å². The first kappa shape index (κ1) is 18.8. The second-order valence-electron chi connectivity index (χ2n) is 5.99. The Morgan fingerprint density at radius 2 is 1.75 bits per heavy atom. The number of hydrogen-bond donors (Lipinski definition) is 1. The molecular weight excluding hydrogens is 362 g/mol. The van der Waals surface area contributed by atoms with Crippen molar-refractivity contribution in [2.45, 2.75) is 0 Å². The molecular formula is C20H17N3O5. The van der Waals surface area contributed by atoms with Crippen molar-refractivity contribution in [2.75, 3.05) is 7.11 Å². The van der Waals surface area contributed by atoms with Gasteiger partial charge in [-0.3, -0.25) is 19.7 Å². The molecule has 0 saturated carbocycles. The molecule has 1 aromatic heterocycles. The first-order chi connectivity index (χ1) is 13.4. The monoisotopic (exact) mass is 379 g/mol. The third kappa shape index (κ3) is 3.75. The lowest BCUT2D eigenvalue weighted by molar-refractivity contribution is -0.385. The molecule has 3 rings (SSSR count). The van der Waals surface area contributed by atoms with Crippen molar-refractivity contribution in [3.8, 4) is 5.75 Å². The summed E-state index contributed by atoms with van der Waals surface area (Å²) >= 11 is 0. The van der Waals surface area contributed by atoms with Crippen molar-refractivity contribution in [1.29, 1.82) is 0 Å². The minimum atomic E-state index is -0.538. The third-order valence-corrected chi connectivity index (χ3v) is 4.23. The highest BCUT2D eigenvalue weighted by Gasteiger charge is 2.11. The van der Waals surface area contributed by atoms with E-state index in [0.717, 1.165) is 0 Å². The van der Waals surface area contributed by atoms with Crippen LogP contribution in [-0.4, -0.2) is 21.6 Å². The van der Waals surface area contributed by atoms with Crippen LogP contribution < -0.4 is 26.6 Å². The molecule has 142 valence electrons. The molecule has 0 radical (unpaired) electrons. The SMILES string of the molecule is COc1ccc(C=c2[nH]c(=O)c(=Cc3ccccc3[N+](=O)[O-])n(C)c2=O)cc1. The molecule has 0 bridgehead atoms. The molecule has 0 atom stereocenters. The number of para-hydroxylation sites is 1. The summed E-state index contributed by atoms with van der Waals surface area (Å²) < 4.78 is 6.26. The number of aromatic nitrogens is 2. The molecule has 0 amide bonds. The molecule has 0 aliphatic heterocycles. The van der Waals surface area contributed by atoms with Crippen molar-refractivity contribution in [3.05, 3.63) is 101 Å². The maximum atomic E-state index is 12.7. The number of aromatic amines is 1. The van der Waals surface area contributed by atoms with Crippen molar-refractivity contribution >= 4 is 17.8 Å². The lowest BCUT2D eigenvalue weighted by Crippen LogP contribution is -2.52. The summed E-state index contributed by atoms with van der Waals surface area (Å²) in [7, 11) is 3.00. The molecule has 0 aliphatic rings. The van der Waals surface area contributed by atoms with E-state index in [1.54, 1.807) is 43.5 Å². The minimum Gasteiger partial charge on any atom is -0.497 e. The molecule has 8 heteroatoms. The van der Waals surface area contributed by atoms with E-state index in [1.165, 1.54) is 35.9 Å². The van der Waals surface area contributed by atoms with Gasteiger partial charge in [0.2, 0.25) is 0 Å². The van der Waals surface area contributed by atoms with Gasteiger partial charge in [-0.15, -0.1) is 0 Å². The van der Waals surface area contributed by atoms with E-state index < -0.39 is 16.0 Å². The summed E-state index contributed by atoms with van der Waals surface area (Å²) in [4.78, 5) is 38.4. The largest absolute Gasteiger partial charge is 0.497 e. The highest BCUT2D eigenvalue weighted by atomic mass is 16.6. The summed E-state index contributed by atoms with van der Waals surface area (Å²) in [5.74, 6) is 0.674. The first-order valence-corrected chi connectivity index (χ1v) is 8.31. The van der Waals surface area contributed by atoms with Gasteiger partial charge in [0.25, 0.3) is 16.8 Å². The number of hydrogen-bond acceptors (Lipinski definition) is 5. The molecule has 1 heterocycles. The molecule has 0 saturated heterocycles. The number of nitrogens with zero attached hydrogens (tertiary/aromatic N) is 2. The molecule has 28 heavy (non-hydrogen) atoms. The topological polar surface area (TPSA) is 107 Å². The van der Waals surface area contributed by atoms with Crippen molar-refractivity contribution in [3.63, 3.8) is 0 Å². The molecule has 0 spiro atoms. The fraction of sp³-hybridized carbons (Fsp3) is 0.100. The van der Waals surface area contributed by atoms with Gasteiger partial charge in [0, 0.05) is 13.1 Å². The normalized spacial score (nSPS) is 12.2. The zero-order valence-corrected chi connectivity index (χ0v) is 15.2. The van der Waals surface area contributed by atoms with Gasteiger partial charge in [0.1, 0.15) is 16.4 Å². The van der Waals surface area contributed by atoms with E-state index in [0.29, 0.717) is 11.3 Å². The number of nitro groups is 1. The summed E-state index contributed by atoms with van der Waals surface area (Å²) in [6, 6.07) is 13.0. The van der Waals surface area contributed by atoms with Gasteiger partial charge < -0.3 is 14.3 Å². The van der Waals surface area contributed by atoms with Crippen molar-refractivity contribution in [1.82, 2.24) is 9.55 Å². The molecule has 8 nitrogen and oxygen atoms in total. The average molecular weight is 379 g/mol. The van der Waals surface area contributed by atoms with Gasteiger partial charge in [0.15, 0.2) is 0 Å². The summed E-state index contributed by atoms with van der Waals surface area (Å²) in [5.41, 5.74) is -0.160. The number of rotatable bonds is 4. The van der Waals surface area contributed by atoms with Crippen LogP contribution in [0.25, 0.3) is 12.2 Å². The van der Waals surface area contributed by atoms with Crippen LogP contribution in [0.3, 0.4) is 0 Å². The van der Waals surface area contributed by atoms with Crippen LogP contribution in [0.4, 0.5) is 5.69 Å². The minimum absolute atomic E-state index is 0.0196.